The number of amides is 1. The predicted octanol–water partition coefficient (Wildman–Crippen LogP) is 6.03. The van der Waals surface area contributed by atoms with Crippen LogP contribution < -0.4 is 4.74 Å². The fraction of sp³-hybridized carbons (Fsp3) is 0.296. The van der Waals surface area contributed by atoms with E-state index in [-0.39, 0.29) is 5.91 Å². The van der Waals surface area contributed by atoms with Crippen LogP contribution in [-0.4, -0.2) is 17.9 Å². The number of hydrogen-bond acceptors (Lipinski definition) is 2. The zero-order valence-electron chi connectivity index (χ0n) is 17.8. The Bertz CT molecular complexity index is 852. The average Bonchev–Trinajstić information content (AvgIpc) is 2.80. The molecule has 0 N–H and O–H groups in total. The molecule has 3 rings (SSSR count). The monoisotopic (exact) mass is 401 g/mol. The van der Waals surface area contributed by atoms with Gasteiger partial charge >= 0.3 is 0 Å². The molecule has 0 radical (unpaired) electrons. The molecule has 3 aromatic rings. The number of unbranched alkanes of at least 4 members (excludes halogenated alkanes) is 2. The third kappa shape index (κ3) is 7.07. The number of methoxy groups -OCH3 is 1. The van der Waals surface area contributed by atoms with Crippen molar-refractivity contribution in [3.8, 4) is 5.75 Å². The van der Waals surface area contributed by atoms with Crippen LogP contribution in [0.3, 0.4) is 0 Å². The summed E-state index contributed by atoms with van der Waals surface area (Å²) in [6.07, 6.45) is 4.66. The molecule has 0 atom stereocenters. The van der Waals surface area contributed by atoms with Crippen molar-refractivity contribution in [1.82, 2.24) is 4.90 Å². The number of nitrogens with zero attached hydrogens (tertiary/aromatic N) is 1. The molecule has 30 heavy (non-hydrogen) atoms. The van der Waals surface area contributed by atoms with E-state index in [1.807, 2.05) is 53.4 Å². The first-order valence-electron chi connectivity index (χ1n) is 10.7. The van der Waals surface area contributed by atoms with Crippen LogP contribution in [0.15, 0.2) is 84.9 Å². The summed E-state index contributed by atoms with van der Waals surface area (Å²) in [5, 5.41) is 0. The fourth-order valence-electron chi connectivity index (χ4n) is 3.61. The molecular formula is C27H31NO2. The van der Waals surface area contributed by atoms with Gasteiger partial charge in [-0.05, 0) is 48.1 Å². The van der Waals surface area contributed by atoms with Gasteiger partial charge in [0.2, 0.25) is 5.91 Å². The van der Waals surface area contributed by atoms with Crippen molar-refractivity contribution in [3.63, 3.8) is 0 Å². The van der Waals surface area contributed by atoms with Crippen LogP contribution in [0.2, 0.25) is 0 Å². The van der Waals surface area contributed by atoms with Crippen LogP contribution in [0.5, 0.6) is 5.75 Å². The van der Waals surface area contributed by atoms with Gasteiger partial charge in [-0.15, -0.1) is 0 Å². The van der Waals surface area contributed by atoms with E-state index in [2.05, 4.69) is 36.4 Å². The molecule has 0 aliphatic carbocycles. The molecule has 0 saturated carbocycles. The summed E-state index contributed by atoms with van der Waals surface area (Å²) in [4.78, 5) is 15.0. The van der Waals surface area contributed by atoms with Crippen LogP contribution in [0.1, 0.15) is 42.4 Å². The Morgan fingerprint density at radius 2 is 1.33 bits per heavy atom. The van der Waals surface area contributed by atoms with Crippen LogP contribution in [-0.2, 0) is 24.3 Å². The molecule has 3 heteroatoms. The standard InChI is InChI=1S/C27H31NO2/c1-30-26-18-11-17-23(20-26)12-5-4-10-19-27(29)28(21-24-13-6-2-7-14-24)22-25-15-8-3-9-16-25/h2-3,6-9,11,13-18,20H,4-5,10,12,19,21-22H2,1H3. The Morgan fingerprint density at radius 1 is 0.733 bits per heavy atom. The van der Waals surface area contributed by atoms with Crippen LogP contribution in [0, 0.1) is 0 Å². The van der Waals surface area contributed by atoms with Crippen molar-refractivity contribution < 1.29 is 9.53 Å². The smallest absolute Gasteiger partial charge is 0.223 e. The Morgan fingerprint density at radius 3 is 1.93 bits per heavy atom. The van der Waals surface area contributed by atoms with Gasteiger partial charge < -0.3 is 9.64 Å². The molecule has 1 amide bonds. The highest BCUT2D eigenvalue weighted by atomic mass is 16.5. The van der Waals surface area contributed by atoms with Crippen LogP contribution >= 0.6 is 0 Å². The second-order valence-corrected chi connectivity index (χ2v) is 7.63. The summed E-state index contributed by atoms with van der Waals surface area (Å²) in [7, 11) is 1.70. The maximum absolute atomic E-state index is 13.0. The lowest BCUT2D eigenvalue weighted by atomic mass is 10.1. The van der Waals surface area contributed by atoms with E-state index in [0.29, 0.717) is 19.5 Å². The summed E-state index contributed by atoms with van der Waals surface area (Å²) in [5.74, 6) is 1.13. The highest BCUT2D eigenvalue weighted by Crippen LogP contribution is 2.16. The third-order valence-electron chi connectivity index (χ3n) is 5.28. The molecule has 0 bridgehead atoms. The minimum atomic E-state index is 0.226. The predicted molar refractivity (Wildman–Crippen MR) is 122 cm³/mol. The van der Waals surface area contributed by atoms with Gasteiger partial charge in [0, 0.05) is 19.5 Å². The Labute approximate surface area is 180 Å². The van der Waals surface area contributed by atoms with Gasteiger partial charge in [0.25, 0.3) is 0 Å². The lowest BCUT2D eigenvalue weighted by Gasteiger charge is -2.23. The van der Waals surface area contributed by atoms with E-state index in [1.165, 1.54) is 16.7 Å². The van der Waals surface area contributed by atoms with E-state index < -0.39 is 0 Å². The average molecular weight is 402 g/mol. The van der Waals surface area contributed by atoms with Gasteiger partial charge in [-0.3, -0.25) is 4.79 Å². The molecule has 0 aromatic heterocycles. The molecular weight excluding hydrogens is 370 g/mol. The second-order valence-electron chi connectivity index (χ2n) is 7.63. The van der Waals surface area contributed by atoms with E-state index >= 15 is 0 Å². The summed E-state index contributed by atoms with van der Waals surface area (Å²) in [6.45, 7) is 1.30. The lowest BCUT2D eigenvalue weighted by molar-refractivity contribution is -0.132. The highest BCUT2D eigenvalue weighted by molar-refractivity contribution is 5.76. The normalized spacial score (nSPS) is 10.6. The number of rotatable bonds is 11. The molecule has 3 aromatic carbocycles. The van der Waals surface area contributed by atoms with Crippen LogP contribution in [0.25, 0.3) is 0 Å². The van der Waals surface area contributed by atoms with Crippen molar-refractivity contribution in [3.05, 3.63) is 102 Å². The van der Waals surface area contributed by atoms with E-state index in [4.69, 9.17) is 4.74 Å². The third-order valence-corrected chi connectivity index (χ3v) is 5.28. The first kappa shape index (κ1) is 21.6. The van der Waals surface area contributed by atoms with E-state index in [1.54, 1.807) is 7.11 Å². The van der Waals surface area contributed by atoms with Crippen LogP contribution in [0.4, 0.5) is 0 Å². The molecule has 0 fully saturated rings. The van der Waals surface area contributed by atoms with Gasteiger partial charge in [-0.25, -0.2) is 0 Å². The van der Waals surface area contributed by atoms with Gasteiger partial charge in [0.15, 0.2) is 0 Å². The summed E-state index contributed by atoms with van der Waals surface area (Å²) in [6, 6.07) is 28.7. The zero-order chi connectivity index (χ0) is 21.0. The fourth-order valence-corrected chi connectivity index (χ4v) is 3.61. The number of hydrogen-bond donors (Lipinski definition) is 0. The van der Waals surface area contributed by atoms with E-state index in [9.17, 15) is 4.79 Å². The molecule has 0 heterocycles. The van der Waals surface area contributed by atoms with Crippen molar-refractivity contribution in [1.29, 1.82) is 0 Å². The molecule has 0 aliphatic heterocycles. The Balaban J connectivity index is 1.49. The lowest BCUT2D eigenvalue weighted by Crippen LogP contribution is -2.29. The van der Waals surface area contributed by atoms with Gasteiger partial charge in [0.1, 0.15) is 5.75 Å². The quantitative estimate of drug-likeness (QED) is 0.367. The SMILES string of the molecule is COc1cccc(CCCCCC(=O)N(Cc2ccccc2)Cc2ccccc2)c1. The molecule has 0 unspecified atom stereocenters. The largest absolute Gasteiger partial charge is 0.497 e. The number of benzene rings is 3. The Hall–Kier alpha value is -3.07. The van der Waals surface area contributed by atoms with E-state index in [0.717, 1.165) is 31.4 Å². The maximum Gasteiger partial charge on any atom is 0.223 e. The number of carbonyl (C=O) groups is 1. The van der Waals surface area contributed by atoms with Gasteiger partial charge in [-0.1, -0.05) is 79.2 Å². The first-order valence-corrected chi connectivity index (χ1v) is 10.7. The number of aryl methyl sites for hydroxylation is 1. The highest BCUT2D eigenvalue weighted by Gasteiger charge is 2.14. The summed E-state index contributed by atoms with van der Waals surface area (Å²) < 4.78 is 5.29. The minimum absolute atomic E-state index is 0.226. The first-order chi connectivity index (χ1) is 14.7. The summed E-state index contributed by atoms with van der Waals surface area (Å²) in [5.41, 5.74) is 3.62. The molecule has 0 spiro atoms. The minimum Gasteiger partial charge on any atom is -0.497 e. The van der Waals surface area contributed by atoms with Crippen molar-refractivity contribution in [2.75, 3.05) is 7.11 Å². The van der Waals surface area contributed by atoms with Crippen molar-refractivity contribution >= 4 is 5.91 Å². The topological polar surface area (TPSA) is 29.5 Å². The number of carbonyl (C=O) groups excluding carboxylic acids is 1. The van der Waals surface area contributed by atoms with Crippen molar-refractivity contribution in [2.45, 2.75) is 45.2 Å². The Kier molecular flexibility index (Phi) is 8.52. The summed E-state index contributed by atoms with van der Waals surface area (Å²) >= 11 is 0. The van der Waals surface area contributed by atoms with Gasteiger partial charge in [-0.2, -0.15) is 0 Å². The second kappa shape index (κ2) is 11.8. The molecule has 0 saturated heterocycles. The van der Waals surface area contributed by atoms with Gasteiger partial charge in [0.05, 0.1) is 7.11 Å². The maximum atomic E-state index is 13.0. The van der Waals surface area contributed by atoms with Crippen molar-refractivity contribution in [2.24, 2.45) is 0 Å². The molecule has 156 valence electrons. The molecule has 0 aliphatic rings. The zero-order valence-corrected chi connectivity index (χ0v) is 17.8. The molecule has 3 nitrogen and oxygen atoms in total. The number of ether oxygens (including phenoxy) is 1.